The molecule has 2 aromatic rings. The first-order valence-corrected chi connectivity index (χ1v) is 12.2. The molecule has 2 rings (SSSR count). The molecule has 2 amide bonds. The van der Waals surface area contributed by atoms with Gasteiger partial charge in [-0.3, -0.25) is 19.3 Å². The number of carboxylic acids is 1. The summed E-state index contributed by atoms with van der Waals surface area (Å²) in [5.41, 5.74) is 1.90. The van der Waals surface area contributed by atoms with Gasteiger partial charge >= 0.3 is 18.0 Å². The predicted molar refractivity (Wildman–Crippen MR) is 139 cm³/mol. The topological polar surface area (TPSA) is 122 Å². The van der Waals surface area contributed by atoms with E-state index in [9.17, 15) is 19.2 Å². The van der Waals surface area contributed by atoms with Crippen molar-refractivity contribution in [2.24, 2.45) is 0 Å². The van der Waals surface area contributed by atoms with Crippen LogP contribution in [0.25, 0.3) is 11.1 Å². The number of carbonyl (C=O) groups excluding carboxylic acids is 3. The third-order valence-electron chi connectivity index (χ3n) is 4.99. The van der Waals surface area contributed by atoms with Gasteiger partial charge in [-0.25, -0.2) is 4.79 Å². The average molecular weight is 533 g/mol. The van der Waals surface area contributed by atoms with Crippen molar-refractivity contribution in [3.8, 4) is 11.1 Å². The molecule has 2 N–H and O–H groups in total. The Labute approximate surface area is 221 Å². The van der Waals surface area contributed by atoms with E-state index in [1.54, 1.807) is 33.8 Å². The number of amides is 2. The quantitative estimate of drug-likeness (QED) is 0.413. The van der Waals surface area contributed by atoms with E-state index in [2.05, 4.69) is 5.32 Å². The zero-order chi connectivity index (χ0) is 27.6. The minimum absolute atomic E-state index is 0.0962. The largest absolute Gasteiger partial charge is 0.480 e. The molecular weight excluding hydrogens is 500 g/mol. The number of aliphatic carboxylic acids is 1. The van der Waals surface area contributed by atoms with Gasteiger partial charge in [-0.2, -0.15) is 0 Å². The first-order valence-electron chi connectivity index (χ1n) is 11.9. The van der Waals surface area contributed by atoms with Crippen LogP contribution in [0.3, 0.4) is 0 Å². The van der Waals surface area contributed by atoms with Crippen LogP contribution in [0.15, 0.2) is 48.5 Å². The molecule has 10 heteroatoms. The molecule has 0 aliphatic carbocycles. The fourth-order valence-corrected chi connectivity index (χ4v) is 3.69. The SMILES string of the molecule is CCOC(=O)C[C@@H](Cc1ccc(-c2cccc(Cl)c2)cc1)NC(=O)CN(CC(=O)O)C(=O)OC(C)(C)C. The molecule has 2 aromatic carbocycles. The highest BCUT2D eigenvalue weighted by Gasteiger charge is 2.27. The number of benzene rings is 2. The lowest BCUT2D eigenvalue weighted by Gasteiger charge is -2.27. The van der Waals surface area contributed by atoms with E-state index in [1.165, 1.54) is 0 Å². The second-order valence-electron chi connectivity index (χ2n) is 9.42. The molecule has 0 aromatic heterocycles. The molecule has 0 unspecified atom stereocenters. The molecule has 0 fully saturated rings. The predicted octanol–water partition coefficient (Wildman–Crippen LogP) is 4.31. The number of carbonyl (C=O) groups is 4. The molecule has 9 nitrogen and oxygen atoms in total. The molecule has 0 aliphatic heterocycles. The van der Waals surface area contributed by atoms with Crippen LogP contribution in [-0.4, -0.2) is 65.3 Å². The highest BCUT2D eigenvalue weighted by atomic mass is 35.5. The maximum Gasteiger partial charge on any atom is 0.411 e. The minimum atomic E-state index is -1.29. The van der Waals surface area contributed by atoms with Crippen molar-refractivity contribution in [3.63, 3.8) is 0 Å². The fraction of sp³-hybridized carbons (Fsp3) is 0.407. The molecular formula is C27H33ClN2O7. The van der Waals surface area contributed by atoms with Crippen molar-refractivity contribution in [1.29, 1.82) is 0 Å². The van der Waals surface area contributed by atoms with Gasteiger partial charge in [0.05, 0.1) is 13.0 Å². The fourth-order valence-electron chi connectivity index (χ4n) is 3.50. The second-order valence-corrected chi connectivity index (χ2v) is 9.85. The smallest absolute Gasteiger partial charge is 0.411 e. The molecule has 200 valence electrons. The molecule has 0 spiro atoms. The lowest BCUT2D eigenvalue weighted by Crippen LogP contribution is -2.48. The van der Waals surface area contributed by atoms with Crippen molar-refractivity contribution in [2.75, 3.05) is 19.7 Å². The van der Waals surface area contributed by atoms with E-state index in [4.69, 9.17) is 26.2 Å². The number of esters is 1. The van der Waals surface area contributed by atoms with E-state index in [0.717, 1.165) is 21.6 Å². The van der Waals surface area contributed by atoms with Gasteiger partial charge in [0.15, 0.2) is 0 Å². The monoisotopic (exact) mass is 532 g/mol. The number of hydrogen-bond acceptors (Lipinski definition) is 6. The van der Waals surface area contributed by atoms with Crippen LogP contribution >= 0.6 is 11.6 Å². The number of hydrogen-bond donors (Lipinski definition) is 2. The molecule has 0 radical (unpaired) electrons. The van der Waals surface area contributed by atoms with Crippen molar-refractivity contribution < 1.29 is 33.8 Å². The summed E-state index contributed by atoms with van der Waals surface area (Å²) < 4.78 is 10.3. The summed E-state index contributed by atoms with van der Waals surface area (Å²) in [4.78, 5) is 49.4. The van der Waals surface area contributed by atoms with Crippen LogP contribution in [0.4, 0.5) is 4.79 Å². The summed E-state index contributed by atoms with van der Waals surface area (Å²) in [6, 6.07) is 14.4. The Morgan fingerprint density at radius 1 is 1.03 bits per heavy atom. The average Bonchev–Trinajstić information content (AvgIpc) is 2.77. The van der Waals surface area contributed by atoms with Gasteiger partial charge in [-0.1, -0.05) is 48.0 Å². The number of ether oxygens (including phenoxy) is 2. The van der Waals surface area contributed by atoms with Crippen molar-refractivity contribution in [2.45, 2.75) is 52.2 Å². The van der Waals surface area contributed by atoms with Gasteiger partial charge in [-0.15, -0.1) is 0 Å². The minimum Gasteiger partial charge on any atom is -0.480 e. The van der Waals surface area contributed by atoms with Crippen LogP contribution < -0.4 is 5.32 Å². The lowest BCUT2D eigenvalue weighted by molar-refractivity contribution is -0.143. The van der Waals surface area contributed by atoms with Crippen LogP contribution in [0.5, 0.6) is 0 Å². The van der Waals surface area contributed by atoms with E-state index in [0.29, 0.717) is 11.4 Å². The standard InChI is InChI=1S/C27H33ClN2O7/c1-5-36-25(34)15-22(13-18-9-11-19(12-10-18)20-7-6-8-21(28)14-20)29-23(31)16-30(17-24(32)33)26(35)37-27(2,3)4/h6-12,14,22H,5,13,15-17H2,1-4H3,(H,29,31)(H,32,33)/t22-/m1/s1. The van der Waals surface area contributed by atoms with Gasteiger partial charge in [0, 0.05) is 11.1 Å². The maximum atomic E-state index is 12.8. The number of carboxylic acid groups (broad SMARTS) is 1. The summed E-state index contributed by atoms with van der Waals surface area (Å²) >= 11 is 6.08. The highest BCUT2D eigenvalue weighted by Crippen LogP contribution is 2.23. The number of rotatable bonds is 11. The Balaban J connectivity index is 2.14. The van der Waals surface area contributed by atoms with E-state index < -0.39 is 48.7 Å². The van der Waals surface area contributed by atoms with Crippen molar-refractivity contribution in [3.05, 3.63) is 59.1 Å². The Bertz CT molecular complexity index is 1100. The summed E-state index contributed by atoms with van der Waals surface area (Å²) in [6.45, 7) is 5.53. The number of nitrogens with zero attached hydrogens (tertiary/aromatic N) is 1. The van der Waals surface area contributed by atoms with Crippen LogP contribution in [0.2, 0.25) is 5.02 Å². The molecule has 1 atom stereocenters. The van der Waals surface area contributed by atoms with Gasteiger partial charge in [-0.05, 0) is 62.9 Å². The van der Waals surface area contributed by atoms with Gasteiger partial charge in [0.25, 0.3) is 0 Å². The van der Waals surface area contributed by atoms with E-state index in [-0.39, 0.29) is 13.0 Å². The van der Waals surface area contributed by atoms with Crippen LogP contribution in [-0.2, 0) is 30.3 Å². The lowest BCUT2D eigenvalue weighted by atomic mass is 9.99. The first kappa shape index (κ1) is 29.6. The second kappa shape index (κ2) is 13.6. The normalized spacial score (nSPS) is 11.8. The van der Waals surface area contributed by atoms with Crippen molar-refractivity contribution >= 4 is 35.5 Å². The molecule has 0 saturated heterocycles. The van der Waals surface area contributed by atoms with Gasteiger partial charge in [0.2, 0.25) is 5.91 Å². The first-order chi connectivity index (χ1) is 17.4. The van der Waals surface area contributed by atoms with Gasteiger partial charge < -0.3 is 19.9 Å². The Hall–Kier alpha value is -3.59. The number of nitrogens with one attached hydrogen (secondary N) is 1. The number of halogens is 1. The Morgan fingerprint density at radius 3 is 2.27 bits per heavy atom. The van der Waals surface area contributed by atoms with E-state index in [1.807, 2.05) is 42.5 Å². The zero-order valence-electron chi connectivity index (χ0n) is 21.5. The van der Waals surface area contributed by atoms with E-state index >= 15 is 0 Å². The molecule has 0 aliphatic rings. The van der Waals surface area contributed by atoms with Crippen LogP contribution in [0, 0.1) is 0 Å². The third kappa shape index (κ3) is 10.9. The molecule has 37 heavy (non-hydrogen) atoms. The molecule has 0 heterocycles. The zero-order valence-corrected chi connectivity index (χ0v) is 22.2. The Morgan fingerprint density at radius 2 is 1.70 bits per heavy atom. The highest BCUT2D eigenvalue weighted by molar-refractivity contribution is 6.30. The maximum absolute atomic E-state index is 12.8. The summed E-state index contributed by atoms with van der Waals surface area (Å²) in [7, 11) is 0. The molecule has 0 saturated carbocycles. The molecule has 0 bridgehead atoms. The third-order valence-corrected chi connectivity index (χ3v) is 5.22. The van der Waals surface area contributed by atoms with Gasteiger partial charge in [0.1, 0.15) is 18.7 Å². The summed E-state index contributed by atoms with van der Waals surface area (Å²) in [5.74, 6) is -2.41. The summed E-state index contributed by atoms with van der Waals surface area (Å²) in [6.07, 6.45) is -0.712. The summed E-state index contributed by atoms with van der Waals surface area (Å²) in [5, 5.41) is 12.5. The Kier molecular flexibility index (Phi) is 10.9. The van der Waals surface area contributed by atoms with Crippen molar-refractivity contribution in [1.82, 2.24) is 10.2 Å². The van der Waals surface area contributed by atoms with Crippen LogP contribution in [0.1, 0.15) is 39.7 Å².